The highest BCUT2D eigenvalue weighted by atomic mass is 16.3. The van der Waals surface area contributed by atoms with Crippen LogP contribution in [0.5, 0.6) is 0 Å². The maximum absolute atomic E-state index is 9.21. The summed E-state index contributed by atoms with van der Waals surface area (Å²) < 4.78 is 0. The monoisotopic (exact) mass is 264 g/mol. The predicted octanol–water partition coefficient (Wildman–Crippen LogP) is 1.68. The molecule has 0 aromatic carbocycles. The fourth-order valence-electron chi connectivity index (χ4n) is 2.65. The highest BCUT2D eigenvalue weighted by Crippen LogP contribution is 2.27. The van der Waals surface area contributed by atoms with Crippen LogP contribution < -0.4 is 10.2 Å². The first-order valence-corrected chi connectivity index (χ1v) is 7.23. The van der Waals surface area contributed by atoms with Crippen LogP contribution >= 0.6 is 0 Å². The second-order valence-electron chi connectivity index (χ2n) is 5.02. The molecule has 2 N–H and O–H groups in total. The number of piperidine rings is 1. The number of hydrogen-bond acceptors (Lipinski definition) is 5. The number of rotatable bonds is 5. The van der Waals surface area contributed by atoms with E-state index in [0.29, 0.717) is 12.5 Å². The molecule has 1 fully saturated rings. The zero-order valence-corrected chi connectivity index (χ0v) is 11.9. The van der Waals surface area contributed by atoms with Gasteiger partial charge in [-0.05, 0) is 32.1 Å². The molecule has 5 nitrogen and oxygen atoms in total. The van der Waals surface area contributed by atoms with Crippen molar-refractivity contribution in [3.05, 3.63) is 11.9 Å². The molecule has 0 bridgehead atoms. The molecular formula is C14H24N4O. The van der Waals surface area contributed by atoms with E-state index < -0.39 is 0 Å². The fourth-order valence-corrected chi connectivity index (χ4v) is 2.65. The van der Waals surface area contributed by atoms with Gasteiger partial charge in [0.05, 0.1) is 0 Å². The highest BCUT2D eigenvalue weighted by molar-refractivity contribution is 5.58. The lowest BCUT2D eigenvalue weighted by Crippen LogP contribution is -2.36. The van der Waals surface area contributed by atoms with E-state index in [4.69, 9.17) is 0 Å². The Morgan fingerprint density at radius 2 is 2.05 bits per heavy atom. The van der Waals surface area contributed by atoms with E-state index in [-0.39, 0.29) is 0 Å². The van der Waals surface area contributed by atoms with E-state index in [1.54, 1.807) is 6.33 Å². The van der Waals surface area contributed by atoms with E-state index in [0.717, 1.165) is 50.5 Å². The Morgan fingerprint density at radius 1 is 1.32 bits per heavy atom. The highest BCUT2D eigenvalue weighted by Gasteiger charge is 2.22. The first-order valence-electron chi connectivity index (χ1n) is 7.23. The lowest BCUT2D eigenvalue weighted by atomic mass is 9.97. The van der Waals surface area contributed by atoms with Crippen LogP contribution in [0.15, 0.2) is 6.33 Å². The van der Waals surface area contributed by atoms with Gasteiger partial charge >= 0.3 is 0 Å². The van der Waals surface area contributed by atoms with Gasteiger partial charge in [-0.2, -0.15) is 0 Å². The quantitative estimate of drug-likeness (QED) is 0.847. The van der Waals surface area contributed by atoms with E-state index in [1.807, 2.05) is 0 Å². The summed E-state index contributed by atoms with van der Waals surface area (Å²) in [4.78, 5) is 11.1. The molecule has 0 atom stereocenters. The van der Waals surface area contributed by atoms with Gasteiger partial charge in [0.1, 0.15) is 18.0 Å². The third-order valence-electron chi connectivity index (χ3n) is 3.79. The van der Waals surface area contributed by atoms with Gasteiger partial charge in [0.15, 0.2) is 0 Å². The molecule has 5 heteroatoms. The third-order valence-corrected chi connectivity index (χ3v) is 3.79. The van der Waals surface area contributed by atoms with Crippen molar-refractivity contribution in [2.75, 3.05) is 36.5 Å². The van der Waals surface area contributed by atoms with Crippen LogP contribution in [0, 0.1) is 5.92 Å². The summed E-state index contributed by atoms with van der Waals surface area (Å²) in [6, 6.07) is 0. The van der Waals surface area contributed by atoms with Gasteiger partial charge in [0.2, 0.25) is 0 Å². The average molecular weight is 264 g/mol. The minimum Gasteiger partial charge on any atom is -0.396 e. The molecule has 1 saturated heterocycles. The first kappa shape index (κ1) is 14.1. The summed E-state index contributed by atoms with van der Waals surface area (Å²) in [7, 11) is 0. The van der Waals surface area contributed by atoms with Crippen LogP contribution in [0.1, 0.15) is 32.3 Å². The molecule has 0 unspecified atom stereocenters. The molecule has 106 valence electrons. The third kappa shape index (κ3) is 3.15. The van der Waals surface area contributed by atoms with Gasteiger partial charge in [-0.15, -0.1) is 0 Å². The molecule has 0 spiro atoms. The zero-order chi connectivity index (χ0) is 13.7. The molecule has 1 aromatic heterocycles. The Labute approximate surface area is 115 Å². The molecule has 1 aromatic rings. The van der Waals surface area contributed by atoms with Crippen LogP contribution in [0.3, 0.4) is 0 Å². The first-order chi connectivity index (χ1) is 9.30. The minimum atomic E-state index is 0.306. The largest absolute Gasteiger partial charge is 0.396 e. The predicted molar refractivity (Wildman–Crippen MR) is 77.6 cm³/mol. The Bertz CT molecular complexity index is 402. The van der Waals surface area contributed by atoms with Crippen LogP contribution in [0.25, 0.3) is 0 Å². The molecule has 0 saturated carbocycles. The van der Waals surface area contributed by atoms with Crippen molar-refractivity contribution in [2.45, 2.75) is 33.1 Å². The van der Waals surface area contributed by atoms with Crippen molar-refractivity contribution in [1.82, 2.24) is 9.97 Å². The van der Waals surface area contributed by atoms with Gasteiger partial charge in [0.25, 0.3) is 0 Å². The van der Waals surface area contributed by atoms with Gasteiger partial charge in [-0.3, -0.25) is 0 Å². The number of aliphatic hydroxyl groups excluding tert-OH is 1. The topological polar surface area (TPSA) is 61.3 Å². The normalized spacial score (nSPS) is 16.7. The second kappa shape index (κ2) is 6.70. The fraction of sp³-hybridized carbons (Fsp3) is 0.714. The zero-order valence-electron chi connectivity index (χ0n) is 11.9. The van der Waals surface area contributed by atoms with Crippen LogP contribution in [0.4, 0.5) is 11.6 Å². The molecule has 2 rings (SSSR count). The molecule has 0 amide bonds. The summed E-state index contributed by atoms with van der Waals surface area (Å²) in [5.41, 5.74) is 1.20. The van der Waals surface area contributed by atoms with Crippen LogP contribution in [-0.4, -0.2) is 41.3 Å². The smallest absolute Gasteiger partial charge is 0.137 e. The number of hydrogen-bond donors (Lipinski definition) is 2. The number of aromatic nitrogens is 2. The number of aliphatic hydroxyl groups is 1. The molecule has 19 heavy (non-hydrogen) atoms. The summed E-state index contributed by atoms with van der Waals surface area (Å²) in [5, 5.41) is 12.5. The summed E-state index contributed by atoms with van der Waals surface area (Å²) in [6.07, 6.45) is 4.66. The average Bonchev–Trinajstić information content (AvgIpc) is 2.47. The Balaban J connectivity index is 2.17. The Morgan fingerprint density at radius 3 is 2.63 bits per heavy atom. The molecule has 1 aliphatic rings. The molecular weight excluding hydrogens is 240 g/mol. The van der Waals surface area contributed by atoms with Crippen LogP contribution in [-0.2, 0) is 6.42 Å². The van der Waals surface area contributed by atoms with Crippen molar-refractivity contribution in [3.8, 4) is 0 Å². The van der Waals surface area contributed by atoms with Gasteiger partial charge in [-0.25, -0.2) is 9.97 Å². The molecule has 2 heterocycles. The summed E-state index contributed by atoms with van der Waals surface area (Å²) >= 11 is 0. The van der Waals surface area contributed by atoms with Crippen molar-refractivity contribution in [3.63, 3.8) is 0 Å². The molecule has 0 radical (unpaired) electrons. The lowest BCUT2D eigenvalue weighted by molar-refractivity contribution is 0.202. The van der Waals surface area contributed by atoms with Gasteiger partial charge < -0.3 is 15.3 Å². The molecule has 1 aliphatic heterocycles. The summed E-state index contributed by atoms with van der Waals surface area (Å²) in [6.45, 7) is 7.34. The standard InChI is InChI=1S/C14H24N4O/c1-3-12-13(15-4-2)16-10-17-14(12)18-7-5-11(9-19)6-8-18/h10-11,19H,3-9H2,1-2H3,(H,15,16,17). The maximum atomic E-state index is 9.21. The van der Waals surface area contributed by atoms with Crippen LogP contribution in [0.2, 0.25) is 0 Å². The van der Waals surface area contributed by atoms with Crippen molar-refractivity contribution < 1.29 is 5.11 Å². The lowest BCUT2D eigenvalue weighted by Gasteiger charge is -2.33. The second-order valence-corrected chi connectivity index (χ2v) is 5.02. The van der Waals surface area contributed by atoms with Crippen molar-refractivity contribution >= 4 is 11.6 Å². The van der Waals surface area contributed by atoms with E-state index in [9.17, 15) is 5.11 Å². The van der Waals surface area contributed by atoms with E-state index in [2.05, 4.69) is 34.0 Å². The Hall–Kier alpha value is -1.36. The maximum Gasteiger partial charge on any atom is 0.137 e. The number of anilines is 2. The SMILES string of the molecule is CCNc1ncnc(N2CCC(CO)CC2)c1CC. The Kier molecular flexibility index (Phi) is 4.96. The molecule has 0 aliphatic carbocycles. The number of nitrogens with zero attached hydrogens (tertiary/aromatic N) is 3. The summed E-state index contributed by atoms with van der Waals surface area (Å²) in [5.74, 6) is 2.47. The van der Waals surface area contributed by atoms with E-state index in [1.165, 1.54) is 5.56 Å². The minimum absolute atomic E-state index is 0.306. The number of nitrogens with one attached hydrogen (secondary N) is 1. The van der Waals surface area contributed by atoms with Gasteiger partial charge in [0, 0.05) is 31.8 Å². The van der Waals surface area contributed by atoms with E-state index >= 15 is 0 Å². The van der Waals surface area contributed by atoms with Gasteiger partial charge in [-0.1, -0.05) is 6.92 Å². The van der Waals surface area contributed by atoms with Crippen molar-refractivity contribution in [1.29, 1.82) is 0 Å². The van der Waals surface area contributed by atoms with Crippen molar-refractivity contribution in [2.24, 2.45) is 5.92 Å².